The first-order chi connectivity index (χ1) is 11.1. The fourth-order valence-corrected chi connectivity index (χ4v) is 1.87. The van der Waals surface area contributed by atoms with Gasteiger partial charge in [-0.25, -0.2) is 4.79 Å². The van der Waals surface area contributed by atoms with Crippen molar-refractivity contribution in [3.63, 3.8) is 0 Å². The number of carbonyl (C=O) groups is 3. The number of amides is 1. The third-order valence-electron chi connectivity index (χ3n) is 2.80. The number of hydrogen-bond acceptors (Lipinski definition) is 5. The average molecular weight is 356 g/mol. The number of alkyl carbamates (subject to hydrolysis) is 1. The van der Waals surface area contributed by atoms with Gasteiger partial charge in [0.1, 0.15) is 5.60 Å². The predicted molar refractivity (Wildman–Crippen MR) is 90.2 cm³/mol. The quantitative estimate of drug-likeness (QED) is 0.625. The third kappa shape index (κ3) is 7.46. The number of halogens is 1. The number of hydrogen-bond donors (Lipinski definition) is 1. The summed E-state index contributed by atoms with van der Waals surface area (Å²) in [6.07, 6.45) is -1.59. The number of ether oxygens (including phenoxy) is 2. The highest BCUT2D eigenvalue weighted by molar-refractivity contribution is 6.30. The molecule has 0 bridgehead atoms. The molecule has 0 fully saturated rings. The molecular formula is C17H22ClNO5. The number of ketones is 1. The third-order valence-corrected chi connectivity index (χ3v) is 3.06. The molecule has 0 spiro atoms. The normalized spacial score (nSPS) is 12.2. The van der Waals surface area contributed by atoms with Crippen LogP contribution in [-0.4, -0.2) is 36.1 Å². The fourth-order valence-electron chi connectivity index (χ4n) is 1.74. The van der Waals surface area contributed by atoms with E-state index in [1.54, 1.807) is 45.0 Å². The van der Waals surface area contributed by atoms with Gasteiger partial charge in [0.05, 0.1) is 6.42 Å². The van der Waals surface area contributed by atoms with Crippen LogP contribution in [0.25, 0.3) is 0 Å². The molecule has 1 amide bonds. The first-order valence-electron chi connectivity index (χ1n) is 7.54. The Hall–Kier alpha value is -2.08. The lowest BCUT2D eigenvalue weighted by atomic mass is 10.1. The van der Waals surface area contributed by atoms with E-state index < -0.39 is 23.8 Å². The van der Waals surface area contributed by atoms with E-state index in [0.717, 1.165) is 0 Å². The van der Waals surface area contributed by atoms with Crippen LogP contribution in [0.5, 0.6) is 0 Å². The lowest BCUT2D eigenvalue weighted by Gasteiger charge is -2.19. The van der Waals surface area contributed by atoms with Gasteiger partial charge < -0.3 is 14.8 Å². The molecule has 0 unspecified atom stereocenters. The maximum absolute atomic E-state index is 12.1. The second kappa shape index (κ2) is 8.68. The largest absolute Gasteiger partial charge is 0.454 e. The molecule has 0 heterocycles. The molecule has 1 rings (SSSR count). The number of benzene rings is 1. The Morgan fingerprint density at radius 3 is 2.29 bits per heavy atom. The van der Waals surface area contributed by atoms with Crippen LogP contribution in [0, 0.1) is 0 Å². The van der Waals surface area contributed by atoms with E-state index in [9.17, 15) is 14.4 Å². The van der Waals surface area contributed by atoms with Gasteiger partial charge in [-0.05, 0) is 52.0 Å². The van der Waals surface area contributed by atoms with Crippen LogP contribution in [0.3, 0.4) is 0 Å². The van der Waals surface area contributed by atoms with Gasteiger partial charge in [0, 0.05) is 17.1 Å². The summed E-state index contributed by atoms with van der Waals surface area (Å²) in [5.41, 5.74) is -0.198. The number of nitrogens with one attached hydrogen (secondary N) is 1. The molecule has 1 atom stereocenters. The summed E-state index contributed by atoms with van der Waals surface area (Å²) >= 11 is 5.76. The molecule has 0 aliphatic carbocycles. The molecule has 0 aliphatic heterocycles. The minimum atomic E-state index is -0.916. The smallest absolute Gasteiger partial charge is 0.407 e. The number of Topliss-reactive ketones (excluding diaryl/α,β-unsaturated/α-hetero) is 1. The minimum Gasteiger partial charge on any atom is -0.454 e. The van der Waals surface area contributed by atoms with Crippen LogP contribution in [0.1, 0.15) is 44.5 Å². The maximum atomic E-state index is 12.1. The van der Waals surface area contributed by atoms with E-state index in [2.05, 4.69) is 5.32 Å². The monoisotopic (exact) mass is 355 g/mol. The van der Waals surface area contributed by atoms with E-state index in [4.69, 9.17) is 21.1 Å². The van der Waals surface area contributed by atoms with Gasteiger partial charge in [0.15, 0.2) is 6.10 Å². The highest BCUT2D eigenvalue weighted by Crippen LogP contribution is 2.12. The van der Waals surface area contributed by atoms with Gasteiger partial charge in [-0.2, -0.15) is 0 Å². The Labute approximate surface area is 146 Å². The second-order valence-corrected chi connectivity index (χ2v) is 6.62. The lowest BCUT2D eigenvalue weighted by molar-refractivity contribution is -0.146. The predicted octanol–water partition coefficient (Wildman–Crippen LogP) is 3.37. The van der Waals surface area contributed by atoms with Crippen LogP contribution >= 0.6 is 11.6 Å². The first-order valence-corrected chi connectivity index (χ1v) is 7.92. The maximum Gasteiger partial charge on any atom is 0.407 e. The zero-order valence-electron chi connectivity index (χ0n) is 14.2. The van der Waals surface area contributed by atoms with E-state index in [1.807, 2.05) is 0 Å². The summed E-state index contributed by atoms with van der Waals surface area (Å²) in [5, 5.41) is 2.97. The second-order valence-electron chi connectivity index (χ2n) is 6.18. The summed E-state index contributed by atoms with van der Waals surface area (Å²) < 4.78 is 10.1. The van der Waals surface area contributed by atoms with Crippen molar-refractivity contribution in [3.8, 4) is 0 Å². The number of rotatable bonds is 6. The molecule has 0 aliphatic rings. The molecule has 6 nitrogen and oxygen atoms in total. The zero-order chi connectivity index (χ0) is 18.3. The van der Waals surface area contributed by atoms with E-state index in [-0.39, 0.29) is 18.7 Å². The minimum absolute atomic E-state index is 0.0581. The van der Waals surface area contributed by atoms with Crippen molar-refractivity contribution in [2.24, 2.45) is 0 Å². The van der Waals surface area contributed by atoms with Crippen LogP contribution < -0.4 is 5.32 Å². The van der Waals surface area contributed by atoms with Gasteiger partial charge >= 0.3 is 12.1 Å². The average Bonchev–Trinajstić information content (AvgIpc) is 2.45. The highest BCUT2D eigenvalue weighted by Gasteiger charge is 2.20. The van der Waals surface area contributed by atoms with Crippen molar-refractivity contribution in [1.29, 1.82) is 0 Å². The topological polar surface area (TPSA) is 81.7 Å². The molecule has 0 aromatic heterocycles. The van der Waals surface area contributed by atoms with Crippen LogP contribution in [0.15, 0.2) is 24.3 Å². The number of esters is 1. The van der Waals surface area contributed by atoms with Crippen molar-refractivity contribution in [2.75, 3.05) is 6.54 Å². The van der Waals surface area contributed by atoms with Gasteiger partial charge in [-0.3, -0.25) is 9.59 Å². The van der Waals surface area contributed by atoms with Crippen LogP contribution in [-0.2, 0) is 14.3 Å². The molecule has 1 aromatic carbocycles. The summed E-state index contributed by atoms with van der Waals surface area (Å²) in [5.74, 6) is -0.902. The Morgan fingerprint density at radius 2 is 1.75 bits per heavy atom. The van der Waals surface area contributed by atoms with Gasteiger partial charge in [0.2, 0.25) is 5.78 Å². The molecule has 1 aromatic rings. The van der Waals surface area contributed by atoms with Gasteiger partial charge in [0.25, 0.3) is 0 Å². The van der Waals surface area contributed by atoms with E-state index in [1.165, 1.54) is 6.92 Å². The zero-order valence-corrected chi connectivity index (χ0v) is 15.0. The molecule has 0 radical (unpaired) electrons. The molecule has 0 saturated heterocycles. The lowest BCUT2D eigenvalue weighted by Crippen LogP contribution is -2.34. The fraction of sp³-hybridized carbons (Fsp3) is 0.471. The van der Waals surface area contributed by atoms with Crippen molar-refractivity contribution in [3.05, 3.63) is 34.9 Å². The Bertz CT molecular complexity index is 592. The summed E-state index contributed by atoms with van der Waals surface area (Å²) in [7, 11) is 0. The van der Waals surface area contributed by atoms with Crippen molar-refractivity contribution < 1.29 is 23.9 Å². The first kappa shape index (κ1) is 20.0. The van der Waals surface area contributed by atoms with Gasteiger partial charge in [-0.15, -0.1) is 0 Å². The van der Waals surface area contributed by atoms with Crippen molar-refractivity contribution in [2.45, 2.75) is 45.8 Å². The van der Waals surface area contributed by atoms with Crippen molar-refractivity contribution in [1.82, 2.24) is 5.32 Å². The molecule has 0 saturated carbocycles. The molecular weight excluding hydrogens is 334 g/mol. The highest BCUT2D eigenvalue weighted by atomic mass is 35.5. The SMILES string of the molecule is C[C@H](OC(=O)CCNC(=O)OC(C)(C)C)C(=O)c1ccc(Cl)cc1. The van der Waals surface area contributed by atoms with Crippen LogP contribution in [0.2, 0.25) is 5.02 Å². The van der Waals surface area contributed by atoms with Gasteiger partial charge in [-0.1, -0.05) is 11.6 Å². The molecule has 24 heavy (non-hydrogen) atoms. The Balaban J connectivity index is 2.37. The summed E-state index contributed by atoms with van der Waals surface area (Å²) in [6, 6.07) is 6.32. The standard InChI is InChI=1S/C17H22ClNO5/c1-11(15(21)12-5-7-13(18)8-6-12)23-14(20)9-10-19-16(22)24-17(2,3)4/h5-8,11H,9-10H2,1-4H3,(H,19,22)/t11-/m0/s1. The number of carbonyl (C=O) groups excluding carboxylic acids is 3. The van der Waals surface area contributed by atoms with E-state index in [0.29, 0.717) is 10.6 Å². The molecule has 132 valence electrons. The molecule has 7 heteroatoms. The van der Waals surface area contributed by atoms with Crippen LogP contribution in [0.4, 0.5) is 4.79 Å². The summed E-state index contributed by atoms with van der Waals surface area (Å²) in [4.78, 5) is 35.3. The molecule has 1 N–H and O–H groups in total. The Kier molecular flexibility index (Phi) is 7.22. The van der Waals surface area contributed by atoms with Crippen molar-refractivity contribution >= 4 is 29.4 Å². The van der Waals surface area contributed by atoms with E-state index >= 15 is 0 Å². The summed E-state index contributed by atoms with van der Waals surface area (Å²) in [6.45, 7) is 6.78. The Morgan fingerprint density at radius 1 is 1.17 bits per heavy atom.